The second-order valence-corrected chi connectivity index (χ2v) is 10.7. The van der Waals surface area contributed by atoms with Gasteiger partial charge in [0, 0.05) is 48.9 Å². The number of likely N-dealkylation sites (tertiary alicyclic amines) is 1. The minimum Gasteiger partial charge on any atom is -0.485 e. The van der Waals surface area contributed by atoms with Crippen molar-refractivity contribution in [1.82, 2.24) is 9.80 Å². The van der Waals surface area contributed by atoms with Gasteiger partial charge in [-0.15, -0.1) is 0 Å². The number of piperazine rings is 1. The summed E-state index contributed by atoms with van der Waals surface area (Å²) in [6.45, 7) is 6.23. The molecule has 2 fully saturated rings. The van der Waals surface area contributed by atoms with Crippen LogP contribution in [0, 0.1) is 11.7 Å². The van der Waals surface area contributed by atoms with Crippen molar-refractivity contribution in [3.63, 3.8) is 0 Å². The quantitative estimate of drug-likeness (QED) is 0.351. The van der Waals surface area contributed by atoms with Crippen molar-refractivity contribution in [3.05, 3.63) is 95.3 Å². The van der Waals surface area contributed by atoms with E-state index in [1.807, 2.05) is 42.5 Å². The third-order valence-electron chi connectivity index (χ3n) is 7.59. The molecule has 0 saturated carbocycles. The molecule has 3 aromatic carbocycles. The summed E-state index contributed by atoms with van der Waals surface area (Å²) in [6, 6.07) is 24.5. The SMILES string of the molecule is O=C(CN1CCC(C(Oc2cccc(F)c2)c2ccccc2)CC1)CN1CCN(c2cccc(Cl)c2)CC1. The van der Waals surface area contributed by atoms with E-state index < -0.39 is 0 Å². The molecule has 0 aliphatic carbocycles. The summed E-state index contributed by atoms with van der Waals surface area (Å²) in [6.07, 6.45) is 1.72. The Morgan fingerprint density at radius 2 is 1.53 bits per heavy atom. The summed E-state index contributed by atoms with van der Waals surface area (Å²) in [4.78, 5) is 19.8. The third-order valence-corrected chi connectivity index (χ3v) is 7.83. The second-order valence-electron chi connectivity index (χ2n) is 10.3. The Bertz CT molecular complexity index is 1190. The molecule has 5 rings (SSSR count). The van der Waals surface area contributed by atoms with E-state index in [2.05, 4.69) is 32.9 Å². The number of carbonyl (C=O) groups is 1. The fourth-order valence-corrected chi connectivity index (χ4v) is 5.75. The van der Waals surface area contributed by atoms with Crippen LogP contribution < -0.4 is 9.64 Å². The highest BCUT2D eigenvalue weighted by molar-refractivity contribution is 6.30. The van der Waals surface area contributed by atoms with Gasteiger partial charge < -0.3 is 9.64 Å². The van der Waals surface area contributed by atoms with Gasteiger partial charge in [-0.2, -0.15) is 0 Å². The highest BCUT2D eigenvalue weighted by Crippen LogP contribution is 2.35. The van der Waals surface area contributed by atoms with Gasteiger partial charge >= 0.3 is 0 Å². The van der Waals surface area contributed by atoms with Crippen molar-refractivity contribution in [3.8, 4) is 5.75 Å². The van der Waals surface area contributed by atoms with Gasteiger partial charge in [0.05, 0.1) is 13.1 Å². The van der Waals surface area contributed by atoms with Crippen LogP contribution in [-0.2, 0) is 4.79 Å². The molecule has 2 heterocycles. The number of ether oxygens (including phenoxy) is 1. The van der Waals surface area contributed by atoms with Crippen molar-refractivity contribution >= 4 is 23.1 Å². The second kappa shape index (κ2) is 12.7. The Morgan fingerprint density at radius 3 is 2.21 bits per heavy atom. The average Bonchev–Trinajstić information content (AvgIpc) is 2.93. The van der Waals surface area contributed by atoms with E-state index in [9.17, 15) is 9.18 Å². The van der Waals surface area contributed by atoms with Gasteiger partial charge in [-0.05, 0) is 61.8 Å². The zero-order valence-corrected chi connectivity index (χ0v) is 22.4. The molecule has 2 aliphatic heterocycles. The molecule has 0 amide bonds. The Kier molecular flexibility index (Phi) is 8.94. The van der Waals surface area contributed by atoms with Crippen LogP contribution >= 0.6 is 11.6 Å². The first-order chi connectivity index (χ1) is 18.5. The maximum atomic E-state index is 13.8. The smallest absolute Gasteiger partial charge is 0.160 e. The van der Waals surface area contributed by atoms with Gasteiger partial charge in [0.2, 0.25) is 0 Å². The highest BCUT2D eigenvalue weighted by atomic mass is 35.5. The van der Waals surface area contributed by atoms with Gasteiger partial charge in [-0.3, -0.25) is 14.6 Å². The van der Waals surface area contributed by atoms with Gasteiger partial charge in [0.15, 0.2) is 5.78 Å². The first-order valence-electron chi connectivity index (χ1n) is 13.5. The summed E-state index contributed by atoms with van der Waals surface area (Å²) in [5.74, 6) is 0.822. The van der Waals surface area contributed by atoms with Gasteiger partial charge in [-0.1, -0.05) is 54.1 Å². The average molecular weight is 536 g/mol. The molecule has 0 radical (unpaired) electrons. The molecule has 2 aliphatic rings. The summed E-state index contributed by atoms with van der Waals surface area (Å²) < 4.78 is 20.1. The summed E-state index contributed by atoms with van der Waals surface area (Å²) in [5, 5.41) is 0.750. The van der Waals surface area contributed by atoms with Gasteiger partial charge in [-0.25, -0.2) is 4.39 Å². The molecule has 0 N–H and O–H groups in total. The van der Waals surface area contributed by atoms with Crippen molar-refractivity contribution < 1.29 is 13.9 Å². The van der Waals surface area contributed by atoms with E-state index in [0.717, 1.165) is 68.4 Å². The molecule has 5 nitrogen and oxygen atoms in total. The van der Waals surface area contributed by atoms with Crippen LogP contribution in [0.25, 0.3) is 0 Å². The molecule has 0 aromatic heterocycles. The molecular formula is C31H35ClFN3O2. The lowest BCUT2D eigenvalue weighted by atomic mass is 9.87. The number of halogens is 2. The lowest BCUT2D eigenvalue weighted by Gasteiger charge is -2.37. The first-order valence-corrected chi connectivity index (χ1v) is 13.9. The van der Waals surface area contributed by atoms with E-state index in [-0.39, 0.29) is 17.7 Å². The lowest BCUT2D eigenvalue weighted by Crippen LogP contribution is -2.49. The van der Waals surface area contributed by atoms with E-state index in [1.165, 1.54) is 12.1 Å². The van der Waals surface area contributed by atoms with E-state index >= 15 is 0 Å². The zero-order chi connectivity index (χ0) is 26.3. The van der Waals surface area contributed by atoms with Crippen LogP contribution in [0.4, 0.5) is 10.1 Å². The number of nitrogens with zero attached hydrogens (tertiary/aromatic N) is 3. The molecule has 1 atom stereocenters. The Hall–Kier alpha value is -2.93. The van der Waals surface area contributed by atoms with Crippen LogP contribution in [0.5, 0.6) is 5.75 Å². The molecule has 0 spiro atoms. The van der Waals surface area contributed by atoms with Crippen LogP contribution in [0.3, 0.4) is 0 Å². The van der Waals surface area contributed by atoms with E-state index in [4.69, 9.17) is 16.3 Å². The normalized spacial score (nSPS) is 18.3. The summed E-state index contributed by atoms with van der Waals surface area (Å²) in [7, 11) is 0. The van der Waals surface area contributed by atoms with E-state index in [1.54, 1.807) is 6.07 Å². The third kappa shape index (κ3) is 7.13. The number of hydrogen-bond donors (Lipinski definition) is 0. The van der Waals surface area contributed by atoms with Crippen molar-refractivity contribution in [2.24, 2.45) is 5.92 Å². The Labute approximate surface area is 229 Å². The summed E-state index contributed by atoms with van der Waals surface area (Å²) in [5.41, 5.74) is 2.24. The maximum absolute atomic E-state index is 13.8. The van der Waals surface area contributed by atoms with Crippen LogP contribution in [0.15, 0.2) is 78.9 Å². The minimum atomic E-state index is -0.298. The summed E-state index contributed by atoms with van der Waals surface area (Å²) >= 11 is 6.15. The molecule has 2 saturated heterocycles. The predicted octanol–water partition coefficient (Wildman–Crippen LogP) is 5.70. The molecule has 7 heteroatoms. The number of Topliss-reactive ketones (excluding diaryl/α,β-unsaturated/α-hetero) is 1. The lowest BCUT2D eigenvalue weighted by molar-refractivity contribution is -0.121. The van der Waals surface area contributed by atoms with Crippen molar-refractivity contribution in [1.29, 1.82) is 0 Å². The molecule has 200 valence electrons. The Balaban J connectivity index is 1.10. The minimum absolute atomic E-state index is 0.147. The number of hydrogen-bond acceptors (Lipinski definition) is 5. The van der Waals surface area contributed by atoms with Crippen molar-refractivity contribution in [2.75, 3.05) is 57.3 Å². The van der Waals surface area contributed by atoms with Crippen LogP contribution in [0.1, 0.15) is 24.5 Å². The van der Waals surface area contributed by atoms with Gasteiger partial charge in [0.25, 0.3) is 0 Å². The number of carbonyl (C=O) groups excluding carboxylic acids is 1. The molecule has 0 bridgehead atoms. The highest BCUT2D eigenvalue weighted by Gasteiger charge is 2.30. The number of piperidine rings is 1. The predicted molar refractivity (Wildman–Crippen MR) is 150 cm³/mol. The zero-order valence-electron chi connectivity index (χ0n) is 21.6. The van der Waals surface area contributed by atoms with Crippen LogP contribution in [-0.4, -0.2) is 67.9 Å². The molecular weight excluding hydrogens is 501 g/mol. The number of ketones is 1. The van der Waals surface area contributed by atoms with E-state index in [0.29, 0.717) is 24.8 Å². The monoisotopic (exact) mass is 535 g/mol. The van der Waals surface area contributed by atoms with Crippen molar-refractivity contribution in [2.45, 2.75) is 18.9 Å². The fourth-order valence-electron chi connectivity index (χ4n) is 5.57. The molecule has 38 heavy (non-hydrogen) atoms. The number of anilines is 1. The topological polar surface area (TPSA) is 36.0 Å². The Morgan fingerprint density at radius 1 is 0.842 bits per heavy atom. The first kappa shape index (κ1) is 26.7. The standard InChI is InChI=1S/C31H35ClFN3O2/c32-26-8-4-10-28(20-26)36-18-16-35(17-19-36)23-29(37)22-34-14-12-25(13-15-34)31(24-6-2-1-3-7-24)38-30-11-5-9-27(33)21-30/h1-11,20-21,25,31H,12-19,22-23H2. The number of rotatable bonds is 9. The fraction of sp³-hybridized carbons (Fsp3) is 0.387. The van der Waals surface area contributed by atoms with Gasteiger partial charge in [0.1, 0.15) is 17.7 Å². The largest absolute Gasteiger partial charge is 0.485 e. The molecule has 3 aromatic rings. The molecule has 1 unspecified atom stereocenters. The number of benzene rings is 3. The van der Waals surface area contributed by atoms with Crippen LogP contribution in [0.2, 0.25) is 5.02 Å². The maximum Gasteiger partial charge on any atom is 0.160 e.